The van der Waals surface area contributed by atoms with Crippen LogP contribution in [0.5, 0.6) is 0 Å². The lowest BCUT2D eigenvalue weighted by Crippen LogP contribution is -2.27. The fourth-order valence-corrected chi connectivity index (χ4v) is 3.41. The van der Waals surface area contributed by atoms with E-state index in [0.717, 1.165) is 10.8 Å². The normalized spacial score (nSPS) is 17.6. The van der Waals surface area contributed by atoms with E-state index in [4.69, 9.17) is 11.6 Å². The molecule has 0 saturated carbocycles. The summed E-state index contributed by atoms with van der Waals surface area (Å²) in [6.45, 7) is 3.86. The number of rotatable bonds is 5. The van der Waals surface area contributed by atoms with Crippen LogP contribution in [-0.4, -0.2) is 30.3 Å². The molecular weight excluding hydrogens is 262 g/mol. The highest BCUT2D eigenvalue weighted by atomic mass is 35.5. The molecule has 1 fully saturated rings. The van der Waals surface area contributed by atoms with Crippen molar-refractivity contribution in [2.45, 2.75) is 31.4 Å². The van der Waals surface area contributed by atoms with Crippen LogP contribution in [-0.2, 0) is 5.75 Å². The third-order valence-electron chi connectivity index (χ3n) is 3.43. The Morgan fingerprint density at radius 1 is 1.00 bits per heavy atom. The van der Waals surface area contributed by atoms with Gasteiger partial charge in [0.15, 0.2) is 0 Å². The first-order valence-corrected chi connectivity index (χ1v) is 8.42. The first-order chi connectivity index (χ1) is 8.84. The molecule has 1 aliphatic heterocycles. The Morgan fingerprint density at radius 3 is 2.33 bits per heavy atom. The molecular formula is C15H22ClNS. The molecule has 1 aromatic rings. The molecule has 0 aliphatic carbocycles. The Kier molecular flexibility index (Phi) is 6.39. The Balaban J connectivity index is 1.61. The Hall–Kier alpha value is -0.180. The van der Waals surface area contributed by atoms with E-state index in [0.29, 0.717) is 0 Å². The van der Waals surface area contributed by atoms with Gasteiger partial charge >= 0.3 is 0 Å². The molecule has 2 rings (SSSR count). The van der Waals surface area contributed by atoms with Gasteiger partial charge in [-0.3, -0.25) is 0 Å². The average molecular weight is 284 g/mol. The fraction of sp³-hybridized carbons (Fsp3) is 0.600. The standard InChI is InChI=1S/C15H22ClNS/c16-15-7-5-14(6-8-15)13-18-12-11-17-9-3-1-2-4-10-17/h5-8H,1-4,9-13H2. The number of thioether (sulfide) groups is 1. The minimum atomic E-state index is 0.827. The number of benzene rings is 1. The summed E-state index contributed by atoms with van der Waals surface area (Å²) in [4.78, 5) is 2.63. The van der Waals surface area contributed by atoms with Gasteiger partial charge < -0.3 is 4.90 Å². The molecule has 100 valence electrons. The van der Waals surface area contributed by atoms with Crippen LogP contribution >= 0.6 is 23.4 Å². The van der Waals surface area contributed by atoms with E-state index in [1.807, 2.05) is 23.9 Å². The minimum absolute atomic E-state index is 0.827. The monoisotopic (exact) mass is 283 g/mol. The van der Waals surface area contributed by atoms with E-state index in [2.05, 4.69) is 17.0 Å². The molecule has 1 nitrogen and oxygen atoms in total. The summed E-state index contributed by atoms with van der Waals surface area (Å²) < 4.78 is 0. The smallest absolute Gasteiger partial charge is 0.0406 e. The van der Waals surface area contributed by atoms with Gasteiger partial charge in [-0.25, -0.2) is 0 Å². The summed E-state index contributed by atoms with van der Waals surface area (Å²) in [5, 5.41) is 0.827. The number of hydrogen-bond donors (Lipinski definition) is 0. The predicted octanol–water partition coefficient (Wildman–Crippen LogP) is 4.45. The van der Waals surface area contributed by atoms with Crippen molar-refractivity contribution in [3.8, 4) is 0 Å². The van der Waals surface area contributed by atoms with Gasteiger partial charge in [0.05, 0.1) is 0 Å². The van der Waals surface area contributed by atoms with Crippen LogP contribution in [0.2, 0.25) is 5.02 Å². The lowest BCUT2D eigenvalue weighted by atomic mass is 10.2. The van der Waals surface area contributed by atoms with Crippen molar-refractivity contribution in [1.29, 1.82) is 0 Å². The second-order valence-electron chi connectivity index (χ2n) is 4.93. The van der Waals surface area contributed by atoms with Crippen molar-refractivity contribution in [2.24, 2.45) is 0 Å². The maximum Gasteiger partial charge on any atom is 0.0406 e. The second kappa shape index (κ2) is 8.08. The van der Waals surface area contributed by atoms with Gasteiger partial charge in [-0.1, -0.05) is 36.6 Å². The molecule has 1 aliphatic rings. The molecule has 0 amide bonds. The fourth-order valence-electron chi connectivity index (χ4n) is 2.32. The zero-order chi connectivity index (χ0) is 12.6. The lowest BCUT2D eigenvalue weighted by molar-refractivity contribution is 0.303. The van der Waals surface area contributed by atoms with Gasteiger partial charge in [-0.15, -0.1) is 0 Å². The summed E-state index contributed by atoms with van der Waals surface area (Å²) in [5.74, 6) is 2.34. The maximum atomic E-state index is 5.88. The van der Waals surface area contributed by atoms with Crippen LogP contribution < -0.4 is 0 Å². The summed E-state index contributed by atoms with van der Waals surface area (Å²) in [6, 6.07) is 8.21. The average Bonchev–Trinajstić information content (AvgIpc) is 2.65. The van der Waals surface area contributed by atoms with Gasteiger partial charge in [0, 0.05) is 23.1 Å². The van der Waals surface area contributed by atoms with Crippen molar-refractivity contribution in [3.63, 3.8) is 0 Å². The molecule has 3 heteroatoms. The highest BCUT2D eigenvalue weighted by Gasteiger charge is 2.07. The van der Waals surface area contributed by atoms with Gasteiger partial charge in [0.2, 0.25) is 0 Å². The number of halogens is 1. The highest BCUT2D eigenvalue weighted by Crippen LogP contribution is 2.16. The second-order valence-corrected chi connectivity index (χ2v) is 6.48. The molecule has 0 radical (unpaired) electrons. The van der Waals surface area contributed by atoms with Crippen molar-refractivity contribution in [3.05, 3.63) is 34.9 Å². The van der Waals surface area contributed by atoms with E-state index < -0.39 is 0 Å². The van der Waals surface area contributed by atoms with Crippen LogP contribution in [0.1, 0.15) is 31.2 Å². The Labute approximate surface area is 120 Å². The summed E-state index contributed by atoms with van der Waals surface area (Å²) in [6.07, 6.45) is 5.63. The Morgan fingerprint density at radius 2 is 1.67 bits per heavy atom. The van der Waals surface area contributed by atoms with Gasteiger partial charge in [0.25, 0.3) is 0 Å². The van der Waals surface area contributed by atoms with E-state index in [-0.39, 0.29) is 0 Å². The van der Waals surface area contributed by atoms with Crippen LogP contribution in [0.25, 0.3) is 0 Å². The molecule has 1 saturated heterocycles. The highest BCUT2D eigenvalue weighted by molar-refractivity contribution is 7.98. The molecule has 0 spiro atoms. The molecule has 1 heterocycles. The largest absolute Gasteiger partial charge is 0.303 e. The third kappa shape index (κ3) is 5.21. The minimum Gasteiger partial charge on any atom is -0.303 e. The van der Waals surface area contributed by atoms with Crippen molar-refractivity contribution >= 4 is 23.4 Å². The van der Waals surface area contributed by atoms with Crippen LogP contribution in [0.4, 0.5) is 0 Å². The zero-order valence-corrected chi connectivity index (χ0v) is 12.5. The van der Waals surface area contributed by atoms with E-state index in [1.165, 1.54) is 56.6 Å². The number of likely N-dealkylation sites (tertiary alicyclic amines) is 1. The Bertz CT molecular complexity index is 331. The molecule has 0 bridgehead atoms. The molecule has 18 heavy (non-hydrogen) atoms. The lowest BCUT2D eigenvalue weighted by Gasteiger charge is -2.19. The van der Waals surface area contributed by atoms with Gasteiger partial charge in [-0.05, 0) is 43.6 Å². The summed E-state index contributed by atoms with van der Waals surface area (Å²) in [7, 11) is 0. The number of nitrogens with zero attached hydrogens (tertiary/aromatic N) is 1. The third-order valence-corrected chi connectivity index (χ3v) is 4.69. The van der Waals surface area contributed by atoms with E-state index in [1.54, 1.807) is 0 Å². The summed E-state index contributed by atoms with van der Waals surface area (Å²) in [5.41, 5.74) is 1.38. The van der Waals surface area contributed by atoms with Crippen molar-refractivity contribution < 1.29 is 0 Å². The molecule has 1 aromatic carbocycles. The first-order valence-electron chi connectivity index (χ1n) is 6.89. The van der Waals surface area contributed by atoms with Crippen LogP contribution in [0.3, 0.4) is 0 Å². The van der Waals surface area contributed by atoms with E-state index >= 15 is 0 Å². The number of hydrogen-bond acceptors (Lipinski definition) is 2. The van der Waals surface area contributed by atoms with Crippen molar-refractivity contribution in [1.82, 2.24) is 4.90 Å². The quantitative estimate of drug-likeness (QED) is 0.735. The first kappa shape index (κ1) is 14.2. The molecule has 0 atom stereocenters. The molecule has 0 aromatic heterocycles. The van der Waals surface area contributed by atoms with Crippen molar-refractivity contribution in [2.75, 3.05) is 25.4 Å². The maximum absolute atomic E-state index is 5.88. The zero-order valence-electron chi connectivity index (χ0n) is 10.9. The summed E-state index contributed by atoms with van der Waals surface area (Å²) >= 11 is 7.90. The van der Waals surface area contributed by atoms with Gasteiger partial charge in [0.1, 0.15) is 0 Å². The topological polar surface area (TPSA) is 3.24 Å². The SMILES string of the molecule is Clc1ccc(CSCCN2CCCCCC2)cc1. The van der Waals surface area contributed by atoms with Crippen LogP contribution in [0, 0.1) is 0 Å². The van der Waals surface area contributed by atoms with Crippen LogP contribution in [0.15, 0.2) is 24.3 Å². The predicted molar refractivity (Wildman–Crippen MR) is 82.5 cm³/mol. The molecule has 0 N–H and O–H groups in total. The molecule has 0 unspecified atom stereocenters. The van der Waals surface area contributed by atoms with E-state index in [9.17, 15) is 0 Å². The van der Waals surface area contributed by atoms with Gasteiger partial charge in [-0.2, -0.15) is 11.8 Å².